The second-order valence-electron chi connectivity index (χ2n) is 6.61. The summed E-state index contributed by atoms with van der Waals surface area (Å²) in [7, 11) is 5.17. The van der Waals surface area contributed by atoms with E-state index in [1.54, 1.807) is 26.5 Å². The van der Waals surface area contributed by atoms with Crippen LogP contribution in [0.4, 0.5) is 5.69 Å². The summed E-state index contributed by atoms with van der Waals surface area (Å²) in [4.78, 5) is 18.9. The van der Waals surface area contributed by atoms with Gasteiger partial charge in [0, 0.05) is 32.0 Å². The zero-order valence-corrected chi connectivity index (χ0v) is 16.9. The molecule has 3 rings (SSSR count). The van der Waals surface area contributed by atoms with Crippen molar-refractivity contribution in [2.45, 2.75) is 13.1 Å². The monoisotopic (exact) mass is 391 g/mol. The summed E-state index contributed by atoms with van der Waals surface area (Å²) < 4.78 is 10.5. The van der Waals surface area contributed by atoms with Crippen molar-refractivity contribution < 1.29 is 14.3 Å². The number of anilines is 1. The Morgan fingerprint density at radius 2 is 1.72 bits per heavy atom. The number of hydrogen-bond donors (Lipinski definition) is 1. The van der Waals surface area contributed by atoms with Gasteiger partial charge in [-0.15, -0.1) is 0 Å². The number of benzene rings is 2. The molecule has 6 heteroatoms. The van der Waals surface area contributed by atoms with Crippen molar-refractivity contribution in [3.05, 3.63) is 83.7 Å². The molecule has 0 saturated carbocycles. The van der Waals surface area contributed by atoms with Crippen molar-refractivity contribution in [2.75, 3.05) is 26.2 Å². The van der Waals surface area contributed by atoms with Gasteiger partial charge in [-0.2, -0.15) is 0 Å². The van der Waals surface area contributed by atoms with Gasteiger partial charge in [-0.25, -0.2) is 0 Å². The summed E-state index contributed by atoms with van der Waals surface area (Å²) in [5, 5.41) is 2.90. The van der Waals surface area contributed by atoms with Gasteiger partial charge in [-0.3, -0.25) is 9.78 Å². The minimum atomic E-state index is -0.227. The highest BCUT2D eigenvalue weighted by Gasteiger charge is 2.11. The Morgan fingerprint density at radius 1 is 0.966 bits per heavy atom. The third-order valence-electron chi connectivity index (χ3n) is 4.58. The molecule has 1 heterocycles. The van der Waals surface area contributed by atoms with E-state index in [1.165, 1.54) is 5.56 Å². The fraction of sp³-hybridized carbons (Fsp3) is 0.217. The van der Waals surface area contributed by atoms with Gasteiger partial charge in [0.25, 0.3) is 5.91 Å². The van der Waals surface area contributed by atoms with Crippen LogP contribution in [0.5, 0.6) is 11.5 Å². The minimum absolute atomic E-state index is 0.227. The topological polar surface area (TPSA) is 63.7 Å². The molecule has 29 heavy (non-hydrogen) atoms. The molecule has 0 atom stereocenters. The third-order valence-corrected chi connectivity index (χ3v) is 4.58. The van der Waals surface area contributed by atoms with Crippen LogP contribution in [0, 0.1) is 0 Å². The van der Waals surface area contributed by atoms with Crippen LogP contribution in [0.1, 0.15) is 21.6 Å². The van der Waals surface area contributed by atoms with E-state index >= 15 is 0 Å². The molecule has 150 valence electrons. The molecule has 0 bridgehead atoms. The Morgan fingerprint density at radius 3 is 2.45 bits per heavy atom. The molecule has 6 nitrogen and oxygen atoms in total. The smallest absolute Gasteiger partial charge is 0.270 e. The maximum absolute atomic E-state index is 12.6. The first-order valence-corrected chi connectivity index (χ1v) is 9.31. The van der Waals surface area contributed by atoms with Gasteiger partial charge in [-0.05, 0) is 35.4 Å². The number of carbonyl (C=O) groups is 1. The summed E-state index contributed by atoms with van der Waals surface area (Å²) in [5.74, 6) is 1.05. The Labute approximate surface area is 171 Å². The number of ether oxygens (including phenoxy) is 2. The van der Waals surface area contributed by atoms with Crippen LogP contribution >= 0.6 is 0 Å². The average Bonchev–Trinajstić information content (AvgIpc) is 2.78. The molecule has 1 aromatic heterocycles. The number of nitrogens with one attached hydrogen (secondary N) is 1. The minimum Gasteiger partial charge on any atom is -0.493 e. The normalized spacial score (nSPS) is 10.3. The van der Waals surface area contributed by atoms with Crippen LogP contribution in [0.25, 0.3) is 0 Å². The van der Waals surface area contributed by atoms with Crippen molar-refractivity contribution in [3.8, 4) is 11.5 Å². The van der Waals surface area contributed by atoms with Crippen LogP contribution in [0.3, 0.4) is 0 Å². The van der Waals surface area contributed by atoms with E-state index < -0.39 is 0 Å². The lowest BCUT2D eigenvalue weighted by Gasteiger charge is -2.19. The molecule has 1 amide bonds. The summed E-state index contributed by atoms with van der Waals surface area (Å²) in [6, 6.07) is 19.4. The molecule has 1 N–H and O–H groups in total. The Balaban J connectivity index is 1.65. The van der Waals surface area contributed by atoms with Crippen LogP contribution in [0.2, 0.25) is 0 Å². The van der Waals surface area contributed by atoms with Gasteiger partial charge in [0.05, 0.1) is 14.2 Å². The Kier molecular flexibility index (Phi) is 6.68. The van der Waals surface area contributed by atoms with Gasteiger partial charge in [-0.1, -0.05) is 36.4 Å². The SMILES string of the molecule is COc1ccc(CNC(=O)c2cc(N(C)Cc3ccccc3)ccn2)cc1OC. The van der Waals surface area contributed by atoms with Crippen LogP contribution in [-0.4, -0.2) is 32.2 Å². The fourth-order valence-corrected chi connectivity index (χ4v) is 2.99. The predicted molar refractivity (Wildman–Crippen MR) is 114 cm³/mol. The van der Waals surface area contributed by atoms with Gasteiger partial charge in [0.2, 0.25) is 0 Å². The molecule has 0 spiro atoms. The predicted octanol–water partition coefficient (Wildman–Crippen LogP) is 3.67. The molecule has 2 aromatic carbocycles. The second kappa shape index (κ2) is 9.59. The molecule has 0 radical (unpaired) electrons. The fourth-order valence-electron chi connectivity index (χ4n) is 2.99. The average molecular weight is 391 g/mol. The van der Waals surface area contributed by atoms with Crippen LogP contribution in [0.15, 0.2) is 66.9 Å². The number of amides is 1. The lowest BCUT2D eigenvalue weighted by molar-refractivity contribution is 0.0946. The van der Waals surface area contributed by atoms with E-state index in [2.05, 4.69) is 27.3 Å². The highest BCUT2D eigenvalue weighted by Crippen LogP contribution is 2.27. The van der Waals surface area contributed by atoms with Crippen molar-refractivity contribution >= 4 is 11.6 Å². The summed E-state index contributed by atoms with van der Waals surface area (Å²) in [6.45, 7) is 1.11. The Hall–Kier alpha value is -3.54. The van der Waals surface area contributed by atoms with Crippen molar-refractivity contribution in [2.24, 2.45) is 0 Å². The zero-order valence-electron chi connectivity index (χ0n) is 16.9. The lowest BCUT2D eigenvalue weighted by Crippen LogP contribution is -2.24. The number of nitrogens with zero attached hydrogens (tertiary/aromatic N) is 2. The van der Waals surface area contributed by atoms with E-state index in [0.717, 1.165) is 17.8 Å². The molecular weight excluding hydrogens is 366 g/mol. The third kappa shape index (κ3) is 5.25. The summed E-state index contributed by atoms with van der Waals surface area (Å²) in [6.07, 6.45) is 1.65. The molecule has 0 unspecified atom stereocenters. The molecule has 0 aliphatic heterocycles. The van der Waals surface area contributed by atoms with E-state index in [1.807, 2.05) is 49.5 Å². The first-order chi connectivity index (χ1) is 14.1. The van der Waals surface area contributed by atoms with Crippen LogP contribution < -0.4 is 19.7 Å². The standard InChI is InChI=1S/C23H25N3O3/c1-26(16-17-7-5-4-6-8-17)19-11-12-24-20(14-19)23(27)25-15-18-9-10-21(28-2)22(13-18)29-3/h4-14H,15-16H2,1-3H3,(H,25,27). The lowest BCUT2D eigenvalue weighted by atomic mass is 10.2. The van der Waals surface area contributed by atoms with Gasteiger partial charge in [0.15, 0.2) is 11.5 Å². The molecule has 0 fully saturated rings. The van der Waals surface area contributed by atoms with E-state index in [4.69, 9.17) is 9.47 Å². The number of rotatable bonds is 8. The number of pyridine rings is 1. The van der Waals surface area contributed by atoms with Crippen molar-refractivity contribution in [3.63, 3.8) is 0 Å². The Bertz CT molecular complexity index is 961. The highest BCUT2D eigenvalue weighted by atomic mass is 16.5. The first kappa shape index (κ1) is 20.2. The van der Waals surface area contributed by atoms with Crippen LogP contribution in [-0.2, 0) is 13.1 Å². The molecule has 0 aliphatic rings. The second-order valence-corrected chi connectivity index (χ2v) is 6.61. The number of aromatic nitrogens is 1. The zero-order chi connectivity index (χ0) is 20.6. The first-order valence-electron chi connectivity index (χ1n) is 9.31. The summed E-state index contributed by atoms with van der Waals surface area (Å²) in [5.41, 5.74) is 3.42. The van der Waals surface area contributed by atoms with E-state index in [-0.39, 0.29) is 5.91 Å². The van der Waals surface area contributed by atoms with Gasteiger partial charge >= 0.3 is 0 Å². The highest BCUT2D eigenvalue weighted by molar-refractivity contribution is 5.93. The van der Waals surface area contributed by atoms with E-state index in [9.17, 15) is 4.79 Å². The maximum atomic E-state index is 12.6. The molecule has 0 aliphatic carbocycles. The van der Waals surface area contributed by atoms with Gasteiger partial charge in [0.1, 0.15) is 5.69 Å². The largest absolute Gasteiger partial charge is 0.493 e. The number of methoxy groups -OCH3 is 2. The molecule has 0 saturated heterocycles. The van der Waals surface area contributed by atoms with Crippen molar-refractivity contribution in [1.82, 2.24) is 10.3 Å². The quantitative estimate of drug-likeness (QED) is 0.635. The van der Waals surface area contributed by atoms with E-state index in [0.29, 0.717) is 23.7 Å². The maximum Gasteiger partial charge on any atom is 0.270 e. The number of carbonyl (C=O) groups excluding carboxylic acids is 1. The molecular formula is C23H25N3O3. The summed E-state index contributed by atoms with van der Waals surface area (Å²) >= 11 is 0. The number of hydrogen-bond acceptors (Lipinski definition) is 5. The molecule has 3 aromatic rings. The van der Waals surface area contributed by atoms with Crippen molar-refractivity contribution in [1.29, 1.82) is 0 Å². The van der Waals surface area contributed by atoms with Gasteiger partial charge < -0.3 is 19.7 Å².